The monoisotopic (exact) mass is 268 g/mol. The molecule has 0 saturated carbocycles. The second kappa shape index (κ2) is 6.00. The van der Waals surface area contributed by atoms with E-state index in [9.17, 15) is 4.79 Å². The van der Waals surface area contributed by atoms with Gasteiger partial charge in [0, 0.05) is 49.0 Å². The Morgan fingerprint density at radius 2 is 2.00 bits per heavy atom. The predicted molar refractivity (Wildman–Crippen MR) is 71.7 cm³/mol. The van der Waals surface area contributed by atoms with Crippen LogP contribution in [0.1, 0.15) is 4.88 Å². The molecule has 0 aliphatic heterocycles. The molecule has 1 N–H and O–H groups in total. The number of nitrogens with one attached hydrogen (secondary N) is 1. The third-order valence-electron chi connectivity index (χ3n) is 2.34. The van der Waals surface area contributed by atoms with Gasteiger partial charge in [-0.2, -0.15) is 0 Å². The van der Waals surface area contributed by atoms with Crippen LogP contribution in [0.4, 0.5) is 0 Å². The molecule has 0 radical (unpaired) electrons. The van der Waals surface area contributed by atoms with Crippen molar-refractivity contribution in [2.24, 2.45) is 0 Å². The Morgan fingerprint density at radius 1 is 1.24 bits per heavy atom. The molecular weight excluding hydrogens is 256 g/mol. The van der Waals surface area contributed by atoms with E-state index >= 15 is 0 Å². The van der Waals surface area contributed by atoms with Crippen LogP contribution in [0.5, 0.6) is 0 Å². The van der Waals surface area contributed by atoms with Gasteiger partial charge in [0.1, 0.15) is 0 Å². The summed E-state index contributed by atoms with van der Waals surface area (Å²) in [6, 6.07) is 7.07. The Morgan fingerprint density at radius 3 is 2.65 bits per heavy atom. The van der Waals surface area contributed by atoms with Crippen LogP contribution >= 0.6 is 22.9 Å². The van der Waals surface area contributed by atoms with Crippen LogP contribution in [0, 0.1) is 0 Å². The van der Waals surface area contributed by atoms with E-state index in [1.807, 2.05) is 16.7 Å². The third kappa shape index (κ3) is 4.00. The molecule has 0 aliphatic rings. The highest BCUT2D eigenvalue weighted by atomic mass is 35.5. The van der Waals surface area contributed by atoms with Crippen LogP contribution in [0.2, 0.25) is 4.34 Å². The molecule has 3 nitrogen and oxygen atoms in total. The van der Waals surface area contributed by atoms with Gasteiger partial charge in [0.25, 0.3) is 0 Å². The smallest absolute Gasteiger partial charge is 0.181 e. The number of nitrogens with zero attached hydrogens (tertiary/aromatic N) is 1. The van der Waals surface area contributed by atoms with Gasteiger partial charge in [-0.15, -0.1) is 11.3 Å². The van der Waals surface area contributed by atoms with Crippen LogP contribution in [0.25, 0.3) is 0 Å². The lowest BCUT2D eigenvalue weighted by Crippen LogP contribution is -2.19. The molecule has 0 saturated heterocycles. The zero-order chi connectivity index (χ0) is 12.1. The van der Waals surface area contributed by atoms with E-state index in [0.717, 1.165) is 24.0 Å². The maximum atomic E-state index is 10.9. The molecule has 0 atom stereocenters. The number of thiophene rings is 1. The summed E-state index contributed by atoms with van der Waals surface area (Å²) in [7, 11) is 0. The number of hydrogen-bond acceptors (Lipinski definition) is 3. The van der Waals surface area contributed by atoms with Gasteiger partial charge in [0.15, 0.2) is 5.43 Å². The first-order valence-corrected chi connectivity index (χ1v) is 6.54. The number of aromatic nitrogens is 1. The van der Waals surface area contributed by atoms with E-state index < -0.39 is 0 Å². The summed E-state index contributed by atoms with van der Waals surface area (Å²) in [4.78, 5) is 12.1. The Balaban J connectivity index is 1.73. The summed E-state index contributed by atoms with van der Waals surface area (Å²) in [5, 5.41) is 3.33. The van der Waals surface area contributed by atoms with Gasteiger partial charge in [0.2, 0.25) is 0 Å². The molecule has 0 spiro atoms. The maximum absolute atomic E-state index is 10.9. The topological polar surface area (TPSA) is 34.0 Å². The molecule has 0 bridgehead atoms. The standard InChI is InChI=1S/C12H13ClN2OS/c13-12-2-1-11(17-12)9-14-5-8-15-6-3-10(16)4-7-15/h1-4,6-7,14H,5,8-9H2. The Bertz CT molecular complexity index is 515. The second-order valence-electron chi connectivity index (χ2n) is 3.65. The predicted octanol–water partition coefficient (Wildman–Crippen LogP) is 2.35. The van der Waals surface area contributed by atoms with Crippen molar-refractivity contribution in [3.63, 3.8) is 0 Å². The first-order valence-electron chi connectivity index (χ1n) is 5.35. The minimum atomic E-state index is 0.0439. The summed E-state index contributed by atoms with van der Waals surface area (Å²) < 4.78 is 2.80. The molecule has 0 fully saturated rings. The highest BCUT2D eigenvalue weighted by Crippen LogP contribution is 2.20. The zero-order valence-electron chi connectivity index (χ0n) is 9.23. The summed E-state index contributed by atoms with van der Waals surface area (Å²) in [5.41, 5.74) is 0.0439. The van der Waals surface area contributed by atoms with Crippen LogP contribution in [-0.2, 0) is 13.1 Å². The first kappa shape index (κ1) is 12.4. The number of halogens is 1. The van der Waals surface area contributed by atoms with Gasteiger partial charge >= 0.3 is 0 Å². The lowest BCUT2D eigenvalue weighted by atomic mass is 10.4. The third-order valence-corrected chi connectivity index (χ3v) is 3.57. The molecule has 2 aromatic heterocycles. The van der Waals surface area contributed by atoms with E-state index in [0.29, 0.717) is 0 Å². The van der Waals surface area contributed by atoms with Gasteiger partial charge in [-0.05, 0) is 12.1 Å². The van der Waals surface area contributed by atoms with Crippen molar-refractivity contribution >= 4 is 22.9 Å². The molecule has 2 heterocycles. The van der Waals surface area contributed by atoms with Gasteiger partial charge < -0.3 is 9.88 Å². The highest BCUT2D eigenvalue weighted by Gasteiger charge is 1.96. The average Bonchev–Trinajstić information content (AvgIpc) is 2.73. The SMILES string of the molecule is O=c1ccn(CCNCc2ccc(Cl)s2)cc1. The van der Waals surface area contributed by atoms with Crippen LogP contribution < -0.4 is 10.7 Å². The molecule has 90 valence electrons. The van der Waals surface area contributed by atoms with Gasteiger partial charge in [-0.25, -0.2) is 0 Å². The Kier molecular flexibility index (Phi) is 4.36. The largest absolute Gasteiger partial charge is 0.353 e. The van der Waals surface area contributed by atoms with Crippen molar-refractivity contribution in [1.29, 1.82) is 0 Å². The first-order chi connectivity index (χ1) is 8.24. The summed E-state index contributed by atoms with van der Waals surface area (Å²) in [6.07, 6.45) is 3.60. The van der Waals surface area contributed by atoms with Crippen molar-refractivity contribution in [3.05, 3.63) is 56.1 Å². The van der Waals surface area contributed by atoms with Crippen molar-refractivity contribution < 1.29 is 0 Å². The molecule has 2 aromatic rings. The molecule has 0 aromatic carbocycles. The number of hydrogen-bond donors (Lipinski definition) is 1. The molecule has 0 unspecified atom stereocenters. The Labute approximate surface area is 109 Å². The minimum absolute atomic E-state index is 0.0439. The maximum Gasteiger partial charge on any atom is 0.181 e. The fourth-order valence-corrected chi connectivity index (χ4v) is 2.52. The fraction of sp³-hybridized carbons (Fsp3) is 0.250. The lowest BCUT2D eigenvalue weighted by molar-refractivity contribution is 0.598. The average molecular weight is 269 g/mol. The lowest BCUT2D eigenvalue weighted by Gasteiger charge is -2.06. The summed E-state index contributed by atoms with van der Waals surface area (Å²) in [6.45, 7) is 2.54. The molecule has 0 amide bonds. The minimum Gasteiger partial charge on any atom is -0.353 e. The van der Waals surface area contributed by atoms with E-state index in [-0.39, 0.29) is 5.43 Å². The van der Waals surface area contributed by atoms with Crippen molar-refractivity contribution in [2.45, 2.75) is 13.1 Å². The summed E-state index contributed by atoms with van der Waals surface area (Å²) >= 11 is 7.43. The van der Waals surface area contributed by atoms with Gasteiger partial charge in [0.05, 0.1) is 4.34 Å². The highest BCUT2D eigenvalue weighted by molar-refractivity contribution is 7.16. The molecule has 5 heteroatoms. The fourth-order valence-electron chi connectivity index (χ4n) is 1.46. The van der Waals surface area contributed by atoms with E-state index in [1.165, 1.54) is 4.88 Å². The van der Waals surface area contributed by atoms with Crippen LogP contribution in [-0.4, -0.2) is 11.1 Å². The number of rotatable bonds is 5. The molecular formula is C12H13ClN2OS. The second-order valence-corrected chi connectivity index (χ2v) is 5.45. The van der Waals surface area contributed by atoms with Crippen molar-refractivity contribution in [1.82, 2.24) is 9.88 Å². The Hall–Kier alpha value is -1.10. The van der Waals surface area contributed by atoms with Crippen molar-refractivity contribution in [2.75, 3.05) is 6.54 Å². The molecule has 2 rings (SSSR count). The molecule has 17 heavy (non-hydrogen) atoms. The van der Waals surface area contributed by atoms with E-state index in [4.69, 9.17) is 11.6 Å². The quantitative estimate of drug-likeness (QED) is 0.845. The zero-order valence-corrected chi connectivity index (χ0v) is 10.8. The van der Waals surface area contributed by atoms with Crippen LogP contribution in [0.3, 0.4) is 0 Å². The van der Waals surface area contributed by atoms with Gasteiger partial charge in [-0.3, -0.25) is 4.79 Å². The summed E-state index contributed by atoms with van der Waals surface area (Å²) in [5.74, 6) is 0. The van der Waals surface area contributed by atoms with Crippen LogP contribution in [0.15, 0.2) is 41.5 Å². The van der Waals surface area contributed by atoms with Gasteiger partial charge in [-0.1, -0.05) is 11.6 Å². The van der Waals surface area contributed by atoms with Crippen molar-refractivity contribution in [3.8, 4) is 0 Å². The van der Waals surface area contributed by atoms with E-state index in [2.05, 4.69) is 5.32 Å². The number of pyridine rings is 1. The molecule has 0 aliphatic carbocycles. The van der Waals surface area contributed by atoms with E-state index in [1.54, 1.807) is 35.9 Å². The normalized spacial score (nSPS) is 10.6.